The third-order valence-electron chi connectivity index (χ3n) is 3.14. The van der Waals surface area contributed by atoms with Gasteiger partial charge in [-0.2, -0.15) is 0 Å². The van der Waals surface area contributed by atoms with Crippen LogP contribution < -0.4 is 4.72 Å². The first-order valence-electron chi connectivity index (χ1n) is 6.16. The molecule has 0 radical (unpaired) electrons. The maximum Gasteiger partial charge on any atom is 0.240 e. The zero-order valence-electron chi connectivity index (χ0n) is 11.0. The molecule has 0 spiro atoms. The molecule has 0 saturated carbocycles. The van der Waals surface area contributed by atoms with Crippen molar-refractivity contribution in [2.24, 2.45) is 5.92 Å². The summed E-state index contributed by atoms with van der Waals surface area (Å²) in [5.41, 5.74) is 0.666. The van der Waals surface area contributed by atoms with Crippen molar-refractivity contribution in [2.75, 3.05) is 6.54 Å². The number of hydrogen-bond donors (Lipinski definition) is 1. The van der Waals surface area contributed by atoms with Crippen LogP contribution in [0, 0.1) is 12.8 Å². The number of benzene rings is 1. The van der Waals surface area contributed by atoms with Crippen molar-refractivity contribution in [2.45, 2.75) is 38.5 Å². The van der Waals surface area contributed by atoms with E-state index in [1.807, 2.05) is 0 Å². The molecule has 0 aliphatic carbocycles. The van der Waals surface area contributed by atoms with Crippen LogP contribution in [0.15, 0.2) is 23.1 Å². The molecule has 0 saturated heterocycles. The van der Waals surface area contributed by atoms with Gasteiger partial charge < -0.3 is 0 Å². The van der Waals surface area contributed by atoms with E-state index < -0.39 is 10.0 Å². The number of aryl methyl sites for hydroxylation is 1. The van der Waals surface area contributed by atoms with Crippen LogP contribution in [0.3, 0.4) is 0 Å². The quantitative estimate of drug-likeness (QED) is 0.873. The molecule has 18 heavy (non-hydrogen) atoms. The summed E-state index contributed by atoms with van der Waals surface area (Å²) in [4.78, 5) is 0.304. The molecule has 3 nitrogen and oxygen atoms in total. The van der Waals surface area contributed by atoms with E-state index >= 15 is 0 Å². The second kappa shape index (κ2) is 6.55. The fourth-order valence-electron chi connectivity index (χ4n) is 1.80. The third kappa shape index (κ3) is 3.97. The predicted octanol–water partition coefficient (Wildman–Crippen LogP) is 3.36. The molecule has 0 bridgehead atoms. The summed E-state index contributed by atoms with van der Waals surface area (Å²) in [6, 6.07) is 4.81. The summed E-state index contributed by atoms with van der Waals surface area (Å²) < 4.78 is 27.0. The highest BCUT2D eigenvalue weighted by atomic mass is 35.5. The minimum Gasteiger partial charge on any atom is -0.211 e. The van der Waals surface area contributed by atoms with Crippen LogP contribution in [0.1, 0.15) is 32.3 Å². The molecule has 0 aromatic heterocycles. The highest BCUT2D eigenvalue weighted by Crippen LogP contribution is 2.19. The Morgan fingerprint density at radius 2 is 1.89 bits per heavy atom. The van der Waals surface area contributed by atoms with Gasteiger partial charge in [0.05, 0.1) is 4.90 Å². The van der Waals surface area contributed by atoms with E-state index in [4.69, 9.17) is 11.6 Å². The monoisotopic (exact) mass is 289 g/mol. The molecule has 0 unspecified atom stereocenters. The Morgan fingerprint density at radius 3 is 2.39 bits per heavy atom. The second-order valence-electron chi connectivity index (χ2n) is 4.44. The van der Waals surface area contributed by atoms with E-state index in [9.17, 15) is 8.42 Å². The molecule has 0 heterocycles. The van der Waals surface area contributed by atoms with Gasteiger partial charge in [0.15, 0.2) is 0 Å². The predicted molar refractivity (Wildman–Crippen MR) is 75.4 cm³/mol. The zero-order chi connectivity index (χ0) is 13.8. The lowest BCUT2D eigenvalue weighted by atomic mass is 10.0. The Labute approximate surface area is 115 Å². The molecule has 1 N–H and O–H groups in total. The Morgan fingerprint density at radius 1 is 1.28 bits per heavy atom. The van der Waals surface area contributed by atoms with Gasteiger partial charge in [-0.25, -0.2) is 13.1 Å². The number of nitrogens with one attached hydrogen (secondary N) is 1. The van der Waals surface area contributed by atoms with Gasteiger partial charge in [-0.15, -0.1) is 0 Å². The summed E-state index contributed by atoms with van der Waals surface area (Å²) in [6.07, 6.45) is 1.94. The fraction of sp³-hybridized carbons (Fsp3) is 0.538. The van der Waals surface area contributed by atoms with E-state index in [1.165, 1.54) is 0 Å². The molecular formula is C13H20ClNO2S. The van der Waals surface area contributed by atoms with E-state index in [0.29, 0.717) is 27.9 Å². The van der Waals surface area contributed by atoms with Crippen LogP contribution in [0.25, 0.3) is 0 Å². The maximum absolute atomic E-state index is 12.1. The minimum atomic E-state index is -3.43. The highest BCUT2D eigenvalue weighted by molar-refractivity contribution is 7.89. The molecule has 0 aliphatic rings. The summed E-state index contributed by atoms with van der Waals surface area (Å²) in [7, 11) is -3.43. The van der Waals surface area contributed by atoms with E-state index in [0.717, 1.165) is 12.8 Å². The van der Waals surface area contributed by atoms with Gasteiger partial charge in [-0.3, -0.25) is 0 Å². The lowest BCUT2D eigenvalue weighted by Crippen LogP contribution is -2.29. The molecule has 102 valence electrons. The van der Waals surface area contributed by atoms with E-state index in [-0.39, 0.29) is 0 Å². The normalized spacial score (nSPS) is 12.1. The van der Waals surface area contributed by atoms with Crippen molar-refractivity contribution >= 4 is 21.6 Å². The van der Waals surface area contributed by atoms with Crippen LogP contribution in [-0.4, -0.2) is 15.0 Å². The first-order chi connectivity index (χ1) is 8.40. The van der Waals surface area contributed by atoms with Gasteiger partial charge in [-0.1, -0.05) is 38.3 Å². The summed E-state index contributed by atoms with van der Waals surface area (Å²) in [5.74, 6) is 0.382. The lowest BCUT2D eigenvalue weighted by molar-refractivity contribution is 0.479. The van der Waals surface area contributed by atoms with Crippen LogP contribution in [0.4, 0.5) is 0 Å². The van der Waals surface area contributed by atoms with Crippen molar-refractivity contribution in [3.63, 3.8) is 0 Å². The van der Waals surface area contributed by atoms with Crippen molar-refractivity contribution in [3.05, 3.63) is 28.8 Å². The summed E-state index contributed by atoms with van der Waals surface area (Å²) in [5, 5.41) is 0.548. The number of hydrogen-bond acceptors (Lipinski definition) is 2. The van der Waals surface area contributed by atoms with Crippen LogP contribution in [0.2, 0.25) is 5.02 Å². The minimum absolute atomic E-state index is 0.304. The first kappa shape index (κ1) is 15.5. The van der Waals surface area contributed by atoms with E-state index in [2.05, 4.69) is 18.6 Å². The van der Waals surface area contributed by atoms with Gasteiger partial charge in [0.2, 0.25) is 10.0 Å². The largest absolute Gasteiger partial charge is 0.240 e. The van der Waals surface area contributed by atoms with Gasteiger partial charge in [0.25, 0.3) is 0 Å². The van der Waals surface area contributed by atoms with Crippen LogP contribution in [0.5, 0.6) is 0 Å². The lowest BCUT2D eigenvalue weighted by Gasteiger charge is -2.14. The molecule has 1 aromatic carbocycles. The Balaban J connectivity index is 2.86. The topological polar surface area (TPSA) is 46.2 Å². The Hall–Kier alpha value is -0.580. The smallest absolute Gasteiger partial charge is 0.211 e. The molecule has 1 aromatic rings. The molecule has 0 atom stereocenters. The van der Waals surface area contributed by atoms with Crippen molar-refractivity contribution in [3.8, 4) is 0 Å². The van der Waals surface area contributed by atoms with Gasteiger partial charge >= 0.3 is 0 Å². The molecule has 5 heteroatoms. The van der Waals surface area contributed by atoms with Crippen LogP contribution in [-0.2, 0) is 10.0 Å². The molecular weight excluding hydrogens is 270 g/mol. The molecule has 0 aliphatic heterocycles. The van der Waals surface area contributed by atoms with Crippen molar-refractivity contribution in [1.82, 2.24) is 4.72 Å². The van der Waals surface area contributed by atoms with Crippen LogP contribution >= 0.6 is 11.6 Å². The SMILES string of the molecule is CCC(CC)CNS(=O)(=O)c1ccc(Cl)cc1C. The van der Waals surface area contributed by atoms with E-state index in [1.54, 1.807) is 25.1 Å². The Bertz CT molecular complexity index is 496. The highest BCUT2D eigenvalue weighted by Gasteiger charge is 2.17. The number of rotatable bonds is 6. The average molecular weight is 290 g/mol. The maximum atomic E-state index is 12.1. The fourth-order valence-corrected chi connectivity index (χ4v) is 3.36. The second-order valence-corrected chi connectivity index (χ2v) is 6.62. The number of halogens is 1. The third-order valence-corrected chi connectivity index (χ3v) is 4.96. The van der Waals surface area contributed by atoms with Gasteiger partial charge in [-0.05, 0) is 36.6 Å². The number of sulfonamides is 1. The molecule has 0 amide bonds. The van der Waals surface area contributed by atoms with Gasteiger partial charge in [0, 0.05) is 11.6 Å². The van der Waals surface area contributed by atoms with Gasteiger partial charge in [0.1, 0.15) is 0 Å². The molecule has 1 rings (SSSR count). The Kier molecular flexibility index (Phi) is 5.63. The van der Waals surface area contributed by atoms with Crippen molar-refractivity contribution < 1.29 is 8.42 Å². The first-order valence-corrected chi connectivity index (χ1v) is 8.02. The zero-order valence-corrected chi connectivity index (χ0v) is 12.6. The standard InChI is InChI=1S/C13H20ClNO2S/c1-4-11(5-2)9-15-18(16,17)13-7-6-12(14)8-10(13)3/h6-8,11,15H,4-5,9H2,1-3H3. The summed E-state index contributed by atoms with van der Waals surface area (Å²) >= 11 is 5.82. The molecule has 0 fully saturated rings. The van der Waals surface area contributed by atoms with Crippen molar-refractivity contribution in [1.29, 1.82) is 0 Å². The average Bonchev–Trinajstić information content (AvgIpc) is 2.29. The summed E-state index contributed by atoms with van der Waals surface area (Å²) in [6.45, 7) is 6.36.